The van der Waals surface area contributed by atoms with Gasteiger partial charge < -0.3 is 15.0 Å². The quantitative estimate of drug-likeness (QED) is 0.272. The summed E-state index contributed by atoms with van der Waals surface area (Å²) in [4.78, 5) is 19.6. The Labute approximate surface area is 231 Å². The highest BCUT2D eigenvalue weighted by Crippen LogP contribution is 2.31. The summed E-state index contributed by atoms with van der Waals surface area (Å²) in [6.45, 7) is 5.86. The van der Waals surface area contributed by atoms with E-state index in [0.717, 1.165) is 52.6 Å². The minimum Gasteiger partial charge on any atom is -0.497 e. The first-order valence-corrected chi connectivity index (χ1v) is 14.7. The number of rotatable bonds is 10. The van der Waals surface area contributed by atoms with E-state index in [1.807, 2.05) is 29.6 Å². The van der Waals surface area contributed by atoms with Gasteiger partial charge in [-0.2, -0.15) is 0 Å². The van der Waals surface area contributed by atoms with Gasteiger partial charge in [-0.05, 0) is 57.1 Å². The molecule has 4 aromatic rings. The number of likely N-dealkylation sites (tertiary alicyclic amines) is 1. The number of hydrogen-bond acceptors (Lipinski definition) is 8. The summed E-state index contributed by atoms with van der Waals surface area (Å²) in [5.74, 6) is 1.98. The molecule has 5 rings (SSSR count). The number of methoxy groups -OCH3 is 1. The Morgan fingerprint density at radius 3 is 2.71 bits per heavy atom. The maximum absolute atomic E-state index is 12.6. The second-order valence-electron chi connectivity index (χ2n) is 9.28. The first-order chi connectivity index (χ1) is 18.6. The van der Waals surface area contributed by atoms with Crippen molar-refractivity contribution in [1.29, 1.82) is 0 Å². The number of carbonyl (C=O) groups is 1. The lowest BCUT2D eigenvalue weighted by atomic mass is 10.1. The lowest BCUT2D eigenvalue weighted by Gasteiger charge is -2.26. The maximum Gasteiger partial charge on any atom is 0.270 e. The van der Waals surface area contributed by atoms with E-state index in [1.54, 1.807) is 18.9 Å². The van der Waals surface area contributed by atoms with E-state index in [2.05, 4.69) is 61.2 Å². The van der Waals surface area contributed by atoms with Crippen LogP contribution in [0, 0.1) is 6.92 Å². The van der Waals surface area contributed by atoms with Crippen molar-refractivity contribution in [3.05, 3.63) is 70.2 Å². The molecule has 1 N–H and O–H groups in total. The van der Waals surface area contributed by atoms with Crippen LogP contribution >= 0.6 is 23.1 Å². The van der Waals surface area contributed by atoms with Gasteiger partial charge in [0.05, 0.1) is 12.9 Å². The van der Waals surface area contributed by atoms with Crippen molar-refractivity contribution in [1.82, 2.24) is 30.0 Å². The first kappa shape index (κ1) is 26.4. The molecule has 1 aliphatic rings. The number of ether oxygens (including phenoxy) is 1. The number of aryl methyl sites for hydroxylation is 1. The summed E-state index contributed by atoms with van der Waals surface area (Å²) in [5, 5.41) is 15.5. The number of aromatic nitrogens is 4. The Hall–Kier alpha value is -3.21. The van der Waals surface area contributed by atoms with Gasteiger partial charge in [0, 0.05) is 29.7 Å². The minimum absolute atomic E-state index is 0.113. The Morgan fingerprint density at radius 2 is 1.92 bits per heavy atom. The van der Waals surface area contributed by atoms with E-state index in [4.69, 9.17) is 4.74 Å². The highest BCUT2D eigenvalue weighted by molar-refractivity contribution is 7.98. The van der Waals surface area contributed by atoms with E-state index >= 15 is 0 Å². The molecule has 0 bridgehead atoms. The van der Waals surface area contributed by atoms with Gasteiger partial charge in [-0.25, -0.2) is 4.98 Å². The van der Waals surface area contributed by atoms with E-state index < -0.39 is 0 Å². The SMILES string of the molecule is COc1cccc(-c2nnc(SCc3nc(C(=O)NCCN4CCCCC4)cs3)n2-c2ccc(C)cc2)c1. The van der Waals surface area contributed by atoms with Gasteiger partial charge in [0.1, 0.15) is 16.5 Å². The lowest BCUT2D eigenvalue weighted by molar-refractivity contribution is 0.0942. The molecule has 0 radical (unpaired) electrons. The summed E-state index contributed by atoms with van der Waals surface area (Å²) in [6.07, 6.45) is 3.81. The lowest BCUT2D eigenvalue weighted by Crippen LogP contribution is -2.37. The topological polar surface area (TPSA) is 85.2 Å². The molecule has 1 amide bonds. The van der Waals surface area contributed by atoms with Crippen LogP contribution < -0.4 is 10.1 Å². The number of carbonyl (C=O) groups excluding carboxylic acids is 1. The number of benzene rings is 2. The van der Waals surface area contributed by atoms with Crippen molar-refractivity contribution in [3.63, 3.8) is 0 Å². The van der Waals surface area contributed by atoms with Crippen LogP contribution in [0.15, 0.2) is 59.1 Å². The number of piperidine rings is 1. The van der Waals surface area contributed by atoms with E-state index in [-0.39, 0.29) is 5.91 Å². The highest BCUT2D eigenvalue weighted by Gasteiger charge is 2.18. The molecule has 0 atom stereocenters. The molecule has 1 aliphatic heterocycles. The van der Waals surface area contributed by atoms with Gasteiger partial charge >= 0.3 is 0 Å². The van der Waals surface area contributed by atoms with E-state index in [0.29, 0.717) is 18.0 Å². The number of thiazole rings is 1. The van der Waals surface area contributed by atoms with Crippen molar-refractivity contribution >= 4 is 29.0 Å². The summed E-state index contributed by atoms with van der Waals surface area (Å²) in [5.41, 5.74) is 3.56. The van der Waals surface area contributed by atoms with Crippen LogP contribution in [0.5, 0.6) is 5.75 Å². The first-order valence-electron chi connectivity index (χ1n) is 12.9. The van der Waals surface area contributed by atoms with Gasteiger partial charge in [0.15, 0.2) is 11.0 Å². The van der Waals surface area contributed by atoms with Crippen molar-refractivity contribution in [2.24, 2.45) is 0 Å². The largest absolute Gasteiger partial charge is 0.497 e. The van der Waals surface area contributed by atoms with Crippen LogP contribution in [0.1, 0.15) is 40.3 Å². The number of thioether (sulfide) groups is 1. The van der Waals surface area contributed by atoms with Crippen LogP contribution in [0.3, 0.4) is 0 Å². The fraction of sp³-hybridized carbons (Fsp3) is 0.357. The Balaban J connectivity index is 1.28. The van der Waals surface area contributed by atoms with Crippen LogP contribution in [0.2, 0.25) is 0 Å². The summed E-state index contributed by atoms with van der Waals surface area (Å²) >= 11 is 3.05. The zero-order valence-corrected chi connectivity index (χ0v) is 23.4. The fourth-order valence-electron chi connectivity index (χ4n) is 4.45. The third-order valence-electron chi connectivity index (χ3n) is 6.52. The Bertz CT molecular complexity index is 1360. The normalized spacial score (nSPS) is 13.9. The molecule has 0 saturated carbocycles. The molecule has 1 fully saturated rings. The monoisotopic (exact) mass is 548 g/mol. The maximum atomic E-state index is 12.6. The van der Waals surface area contributed by atoms with Crippen LogP contribution in [0.4, 0.5) is 0 Å². The smallest absolute Gasteiger partial charge is 0.270 e. The predicted molar refractivity (Wildman–Crippen MR) is 152 cm³/mol. The van der Waals surface area contributed by atoms with E-state index in [9.17, 15) is 4.79 Å². The van der Waals surface area contributed by atoms with Crippen molar-refractivity contribution < 1.29 is 9.53 Å². The molecule has 0 spiro atoms. The molecule has 3 heterocycles. The summed E-state index contributed by atoms with van der Waals surface area (Å²) < 4.78 is 7.48. The average molecular weight is 549 g/mol. The minimum atomic E-state index is -0.113. The average Bonchev–Trinajstić information content (AvgIpc) is 3.60. The zero-order valence-electron chi connectivity index (χ0n) is 21.7. The van der Waals surface area contributed by atoms with E-state index in [1.165, 1.54) is 36.2 Å². The molecule has 198 valence electrons. The highest BCUT2D eigenvalue weighted by atomic mass is 32.2. The van der Waals surface area contributed by atoms with Crippen LogP contribution in [-0.2, 0) is 5.75 Å². The van der Waals surface area contributed by atoms with Crippen molar-refractivity contribution in [3.8, 4) is 22.8 Å². The molecular formula is C28H32N6O2S2. The summed E-state index contributed by atoms with van der Waals surface area (Å²) in [7, 11) is 1.66. The summed E-state index contributed by atoms with van der Waals surface area (Å²) in [6, 6.07) is 16.1. The second kappa shape index (κ2) is 12.6. The molecule has 0 unspecified atom stereocenters. The molecule has 0 aliphatic carbocycles. The van der Waals surface area contributed by atoms with Gasteiger partial charge in [0.25, 0.3) is 5.91 Å². The number of nitrogens with zero attached hydrogens (tertiary/aromatic N) is 5. The Kier molecular flexibility index (Phi) is 8.72. The third-order valence-corrected chi connectivity index (χ3v) is 8.50. The standard InChI is InChI=1S/C28H32N6O2S2/c1-20-9-11-22(12-10-20)34-26(21-7-6-8-23(17-21)36-2)31-32-28(34)38-19-25-30-24(18-37-25)27(35)29-13-16-33-14-4-3-5-15-33/h6-12,17-18H,3-5,13-16,19H2,1-2H3,(H,29,35). The Morgan fingerprint density at radius 1 is 1.11 bits per heavy atom. The molecule has 8 nitrogen and oxygen atoms in total. The van der Waals surface area contributed by atoms with Gasteiger partial charge in [-0.3, -0.25) is 9.36 Å². The third kappa shape index (κ3) is 6.43. The predicted octanol–water partition coefficient (Wildman–Crippen LogP) is 5.22. The van der Waals surface area contributed by atoms with Crippen LogP contribution in [0.25, 0.3) is 17.1 Å². The molecule has 10 heteroatoms. The van der Waals surface area contributed by atoms with Gasteiger partial charge in [-0.15, -0.1) is 21.5 Å². The van der Waals surface area contributed by atoms with Crippen LogP contribution in [-0.4, -0.2) is 63.8 Å². The molecule has 1 saturated heterocycles. The number of nitrogens with one attached hydrogen (secondary N) is 1. The molecule has 2 aromatic carbocycles. The van der Waals surface area contributed by atoms with Gasteiger partial charge in [0.2, 0.25) is 0 Å². The van der Waals surface area contributed by atoms with Gasteiger partial charge in [-0.1, -0.05) is 48.0 Å². The number of hydrogen-bond donors (Lipinski definition) is 1. The second-order valence-corrected chi connectivity index (χ2v) is 11.2. The number of amides is 1. The molecular weight excluding hydrogens is 516 g/mol. The molecule has 2 aromatic heterocycles. The zero-order chi connectivity index (χ0) is 26.3. The van der Waals surface area contributed by atoms with Crippen molar-refractivity contribution in [2.45, 2.75) is 37.1 Å². The van der Waals surface area contributed by atoms with Crippen molar-refractivity contribution in [2.75, 3.05) is 33.3 Å². The fourth-order valence-corrected chi connectivity index (χ4v) is 6.19. The molecule has 38 heavy (non-hydrogen) atoms.